The molecule has 4 nitrogen and oxygen atoms in total. The Balaban J connectivity index is 1.72. The summed E-state index contributed by atoms with van der Waals surface area (Å²) in [5.41, 5.74) is 0. The first-order chi connectivity index (χ1) is 8.16. The molecule has 1 aliphatic carbocycles. The van der Waals surface area contributed by atoms with Gasteiger partial charge in [-0.25, -0.2) is 0 Å². The fraction of sp³-hybridized carbons (Fsp3) is 0.923. The normalized spacial score (nSPS) is 38.0. The Kier molecular flexibility index (Phi) is 4.40. The molecule has 0 spiro atoms. The Hall–Kier alpha value is -0.610. The summed E-state index contributed by atoms with van der Waals surface area (Å²) in [6.07, 6.45) is 5.62. The quantitative estimate of drug-likeness (QED) is 0.781. The minimum atomic E-state index is -0.272. The lowest BCUT2D eigenvalue weighted by Gasteiger charge is -2.28. The summed E-state index contributed by atoms with van der Waals surface area (Å²) in [6.45, 7) is 2.59. The third kappa shape index (κ3) is 3.42. The smallest absolute Gasteiger partial charge is 0.249 e. The average molecular weight is 241 g/mol. The van der Waals surface area contributed by atoms with Crippen LogP contribution in [0.4, 0.5) is 0 Å². The first-order valence-corrected chi connectivity index (χ1v) is 6.78. The van der Waals surface area contributed by atoms with Crippen LogP contribution < -0.4 is 5.32 Å². The molecule has 4 atom stereocenters. The molecule has 2 aliphatic rings. The van der Waals surface area contributed by atoms with Crippen molar-refractivity contribution in [3.8, 4) is 0 Å². The molecule has 1 amide bonds. The molecular formula is C13H23NO3. The largest absolute Gasteiger partial charge is 0.393 e. The molecule has 4 unspecified atom stereocenters. The van der Waals surface area contributed by atoms with Gasteiger partial charge in [0.15, 0.2) is 0 Å². The number of ether oxygens (including phenoxy) is 1. The number of nitrogens with one attached hydrogen (secondary N) is 1. The van der Waals surface area contributed by atoms with E-state index in [1.165, 1.54) is 0 Å². The molecule has 0 bridgehead atoms. The first kappa shape index (κ1) is 12.8. The van der Waals surface area contributed by atoms with E-state index in [0.29, 0.717) is 6.54 Å². The number of aliphatic hydroxyl groups is 1. The van der Waals surface area contributed by atoms with Gasteiger partial charge in [0, 0.05) is 12.5 Å². The van der Waals surface area contributed by atoms with Crippen molar-refractivity contribution in [3.05, 3.63) is 0 Å². The van der Waals surface area contributed by atoms with Crippen LogP contribution in [0.5, 0.6) is 0 Å². The fourth-order valence-electron chi connectivity index (χ4n) is 2.77. The van der Waals surface area contributed by atoms with Crippen LogP contribution >= 0.6 is 0 Å². The molecule has 1 saturated carbocycles. The van der Waals surface area contributed by atoms with Gasteiger partial charge >= 0.3 is 0 Å². The minimum Gasteiger partial charge on any atom is -0.393 e. The molecule has 0 aromatic carbocycles. The van der Waals surface area contributed by atoms with Gasteiger partial charge in [-0.15, -0.1) is 0 Å². The van der Waals surface area contributed by atoms with E-state index >= 15 is 0 Å². The van der Waals surface area contributed by atoms with Gasteiger partial charge in [-0.2, -0.15) is 0 Å². The van der Waals surface area contributed by atoms with Crippen LogP contribution in [-0.4, -0.2) is 35.9 Å². The highest BCUT2D eigenvalue weighted by Crippen LogP contribution is 2.24. The lowest BCUT2D eigenvalue weighted by atomic mass is 9.86. The second kappa shape index (κ2) is 5.83. The molecular weight excluding hydrogens is 218 g/mol. The first-order valence-electron chi connectivity index (χ1n) is 6.78. The second-order valence-corrected chi connectivity index (χ2v) is 5.37. The molecule has 2 N–H and O–H groups in total. The number of aliphatic hydroxyl groups excluding tert-OH is 1. The van der Waals surface area contributed by atoms with Crippen molar-refractivity contribution in [2.24, 2.45) is 5.92 Å². The van der Waals surface area contributed by atoms with Crippen LogP contribution in [-0.2, 0) is 9.53 Å². The molecule has 2 fully saturated rings. The van der Waals surface area contributed by atoms with Gasteiger partial charge in [-0.3, -0.25) is 4.79 Å². The topological polar surface area (TPSA) is 58.6 Å². The Morgan fingerprint density at radius 1 is 1.29 bits per heavy atom. The van der Waals surface area contributed by atoms with Crippen molar-refractivity contribution in [1.82, 2.24) is 5.32 Å². The van der Waals surface area contributed by atoms with Crippen molar-refractivity contribution < 1.29 is 14.6 Å². The Labute approximate surface area is 103 Å². The van der Waals surface area contributed by atoms with Gasteiger partial charge < -0.3 is 15.2 Å². The van der Waals surface area contributed by atoms with Crippen LogP contribution in [0, 0.1) is 5.92 Å². The van der Waals surface area contributed by atoms with E-state index in [2.05, 4.69) is 5.32 Å². The zero-order valence-corrected chi connectivity index (χ0v) is 10.5. The third-order valence-corrected chi connectivity index (χ3v) is 3.93. The number of hydrogen-bond acceptors (Lipinski definition) is 3. The number of carbonyl (C=O) groups is 1. The molecule has 2 rings (SSSR count). The molecule has 1 heterocycles. The lowest BCUT2D eigenvalue weighted by Crippen LogP contribution is -2.41. The van der Waals surface area contributed by atoms with Gasteiger partial charge in [0.2, 0.25) is 5.91 Å². The Morgan fingerprint density at radius 2 is 2.06 bits per heavy atom. The maximum Gasteiger partial charge on any atom is 0.249 e. The van der Waals surface area contributed by atoms with Crippen molar-refractivity contribution >= 4 is 5.91 Å². The summed E-state index contributed by atoms with van der Waals surface area (Å²) in [7, 11) is 0. The van der Waals surface area contributed by atoms with E-state index < -0.39 is 0 Å². The van der Waals surface area contributed by atoms with E-state index in [1.54, 1.807) is 0 Å². The van der Waals surface area contributed by atoms with Crippen LogP contribution in [0.25, 0.3) is 0 Å². The third-order valence-electron chi connectivity index (χ3n) is 3.93. The zero-order chi connectivity index (χ0) is 12.3. The standard InChI is InChI=1S/C13H23NO3/c1-9-6-7-12(17-9)13(16)14-8-10-4-2-3-5-11(10)15/h9-12,15H,2-8H2,1H3,(H,14,16). The monoisotopic (exact) mass is 241 g/mol. The van der Waals surface area contributed by atoms with Gasteiger partial charge in [-0.05, 0) is 32.6 Å². The van der Waals surface area contributed by atoms with E-state index in [0.717, 1.165) is 38.5 Å². The van der Waals surface area contributed by atoms with Gasteiger partial charge in [0.1, 0.15) is 6.10 Å². The molecule has 0 aromatic heterocycles. The highest BCUT2D eigenvalue weighted by atomic mass is 16.5. The van der Waals surface area contributed by atoms with Gasteiger partial charge in [-0.1, -0.05) is 12.8 Å². The Morgan fingerprint density at radius 3 is 2.71 bits per heavy atom. The summed E-state index contributed by atoms with van der Waals surface area (Å²) in [6, 6.07) is 0. The van der Waals surface area contributed by atoms with Crippen LogP contribution in [0.1, 0.15) is 45.4 Å². The Bertz CT molecular complexity index is 269. The SMILES string of the molecule is CC1CCC(C(=O)NCC2CCCCC2O)O1. The van der Waals surface area contributed by atoms with Crippen LogP contribution in [0.3, 0.4) is 0 Å². The molecule has 98 valence electrons. The molecule has 4 heteroatoms. The number of carbonyl (C=O) groups excluding carboxylic acids is 1. The number of hydrogen-bond donors (Lipinski definition) is 2. The molecule has 1 aliphatic heterocycles. The van der Waals surface area contributed by atoms with Crippen molar-refractivity contribution in [3.63, 3.8) is 0 Å². The van der Waals surface area contributed by atoms with Crippen LogP contribution in [0.15, 0.2) is 0 Å². The number of amides is 1. The van der Waals surface area contributed by atoms with Crippen LogP contribution in [0.2, 0.25) is 0 Å². The summed E-state index contributed by atoms with van der Waals surface area (Å²) >= 11 is 0. The van der Waals surface area contributed by atoms with Crippen molar-refractivity contribution in [2.75, 3.05) is 6.54 Å². The van der Waals surface area contributed by atoms with Gasteiger partial charge in [0.25, 0.3) is 0 Å². The molecule has 0 aromatic rings. The van der Waals surface area contributed by atoms with E-state index in [4.69, 9.17) is 4.74 Å². The van der Waals surface area contributed by atoms with Crippen molar-refractivity contribution in [1.29, 1.82) is 0 Å². The summed E-state index contributed by atoms with van der Waals surface area (Å²) in [5.74, 6) is 0.221. The second-order valence-electron chi connectivity index (χ2n) is 5.37. The predicted molar refractivity (Wildman–Crippen MR) is 64.5 cm³/mol. The zero-order valence-electron chi connectivity index (χ0n) is 10.5. The fourth-order valence-corrected chi connectivity index (χ4v) is 2.77. The number of rotatable bonds is 3. The molecule has 17 heavy (non-hydrogen) atoms. The predicted octanol–water partition coefficient (Wildman–Crippen LogP) is 1.22. The van der Waals surface area contributed by atoms with E-state index in [-0.39, 0.29) is 30.1 Å². The van der Waals surface area contributed by atoms with Gasteiger partial charge in [0.05, 0.1) is 12.2 Å². The summed E-state index contributed by atoms with van der Waals surface area (Å²) < 4.78 is 5.52. The molecule has 0 radical (unpaired) electrons. The highest BCUT2D eigenvalue weighted by Gasteiger charge is 2.29. The summed E-state index contributed by atoms with van der Waals surface area (Å²) in [4.78, 5) is 11.8. The lowest BCUT2D eigenvalue weighted by molar-refractivity contribution is -0.132. The minimum absolute atomic E-state index is 0.00729. The molecule has 1 saturated heterocycles. The highest BCUT2D eigenvalue weighted by molar-refractivity contribution is 5.81. The maximum atomic E-state index is 11.8. The maximum absolute atomic E-state index is 11.8. The van der Waals surface area contributed by atoms with E-state index in [1.807, 2.05) is 6.92 Å². The van der Waals surface area contributed by atoms with E-state index in [9.17, 15) is 9.90 Å². The van der Waals surface area contributed by atoms with Crippen molar-refractivity contribution in [2.45, 2.75) is 63.8 Å². The summed E-state index contributed by atoms with van der Waals surface area (Å²) in [5, 5.41) is 12.7. The average Bonchev–Trinajstić information content (AvgIpc) is 2.74.